The van der Waals surface area contributed by atoms with Crippen LogP contribution in [0.25, 0.3) is 10.1 Å². The highest BCUT2D eigenvalue weighted by Crippen LogP contribution is 2.19. The van der Waals surface area contributed by atoms with E-state index in [0.717, 1.165) is 4.70 Å². The van der Waals surface area contributed by atoms with Gasteiger partial charge in [-0.1, -0.05) is 6.07 Å². The minimum absolute atomic E-state index is 0.189. The van der Waals surface area contributed by atoms with E-state index in [1.165, 1.54) is 17.6 Å². The summed E-state index contributed by atoms with van der Waals surface area (Å²) in [4.78, 5) is 0. The van der Waals surface area contributed by atoms with Crippen molar-refractivity contribution < 1.29 is 4.39 Å². The normalized spacial score (nSPS) is 10.5. The van der Waals surface area contributed by atoms with Gasteiger partial charge in [0.2, 0.25) is 0 Å². The fourth-order valence-corrected chi connectivity index (χ4v) is 1.52. The number of rotatable bonds is 0. The molecule has 1 aromatic carbocycles. The molecular weight excluding hydrogens is 149 g/mol. The third kappa shape index (κ3) is 0.708. The highest BCUT2D eigenvalue weighted by Gasteiger charge is 1.99. The second kappa shape index (κ2) is 2.02. The lowest BCUT2D eigenvalue weighted by Crippen LogP contribution is -1.70. The van der Waals surface area contributed by atoms with Crippen molar-refractivity contribution in [3.8, 4) is 0 Å². The molecule has 0 saturated carbocycles. The second-order valence-corrected chi connectivity index (χ2v) is 2.81. The standard InChI is InChI=1S/C7H4FNS/c8-6-2-1-3-7-5(6)4-9-10-7/h1-4H. The molecule has 1 aromatic heterocycles. The van der Waals surface area contributed by atoms with Gasteiger partial charge >= 0.3 is 0 Å². The topological polar surface area (TPSA) is 12.9 Å². The van der Waals surface area contributed by atoms with Gasteiger partial charge in [-0.15, -0.1) is 0 Å². The molecule has 50 valence electrons. The zero-order chi connectivity index (χ0) is 6.97. The molecule has 0 N–H and O–H groups in total. The monoisotopic (exact) mass is 153 g/mol. The van der Waals surface area contributed by atoms with Crippen LogP contribution in [0.4, 0.5) is 4.39 Å². The molecule has 0 spiro atoms. The first-order valence-electron chi connectivity index (χ1n) is 2.87. The molecule has 0 saturated heterocycles. The van der Waals surface area contributed by atoms with Crippen molar-refractivity contribution in [1.82, 2.24) is 4.37 Å². The SMILES string of the molecule is Fc1cccc2sncc12. The Hall–Kier alpha value is -0.960. The Morgan fingerprint density at radius 1 is 1.40 bits per heavy atom. The maximum absolute atomic E-state index is 12.8. The summed E-state index contributed by atoms with van der Waals surface area (Å²) < 4.78 is 17.6. The molecule has 0 aliphatic heterocycles. The predicted molar refractivity (Wildman–Crippen MR) is 39.6 cm³/mol. The van der Waals surface area contributed by atoms with Gasteiger partial charge < -0.3 is 0 Å². The van der Waals surface area contributed by atoms with E-state index in [1.807, 2.05) is 6.07 Å². The zero-order valence-electron chi connectivity index (χ0n) is 5.04. The summed E-state index contributed by atoms with van der Waals surface area (Å²) in [7, 11) is 0. The van der Waals surface area contributed by atoms with Crippen LogP contribution in [0.2, 0.25) is 0 Å². The lowest BCUT2D eigenvalue weighted by atomic mass is 10.3. The summed E-state index contributed by atoms with van der Waals surface area (Å²) >= 11 is 1.31. The average Bonchev–Trinajstić information content (AvgIpc) is 2.36. The van der Waals surface area contributed by atoms with Gasteiger partial charge in [0, 0.05) is 5.39 Å². The van der Waals surface area contributed by atoms with Gasteiger partial charge in [-0.2, -0.15) is 4.37 Å². The molecule has 0 bridgehead atoms. The van der Waals surface area contributed by atoms with Crippen molar-refractivity contribution in [2.24, 2.45) is 0 Å². The van der Waals surface area contributed by atoms with Crippen LogP contribution in [-0.4, -0.2) is 4.37 Å². The maximum Gasteiger partial charge on any atom is 0.133 e. The summed E-state index contributed by atoms with van der Waals surface area (Å²) in [5.74, 6) is -0.189. The van der Waals surface area contributed by atoms with Crippen LogP contribution in [0.1, 0.15) is 0 Å². The first kappa shape index (κ1) is 5.80. The summed E-state index contributed by atoms with van der Waals surface area (Å²) in [5.41, 5.74) is 0. The number of halogens is 1. The van der Waals surface area contributed by atoms with Crippen molar-refractivity contribution >= 4 is 21.6 Å². The predicted octanol–water partition coefficient (Wildman–Crippen LogP) is 2.44. The van der Waals surface area contributed by atoms with E-state index in [0.29, 0.717) is 5.39 Å². The zero-order valence-corrected chi connectivity index (χ0v) is 5.86. The van der Waals surface area contributed by atoms with Crippen LogP contribution in [0.3, 0.4) is 0 Å². The van der Waals surface area contributed by atoms with Gasteiger partial charge in [0.25, 0.3) is 0 Å². The molecule has 2 aromatic rings. The molecule has 0 amide bonds. The van der Waals surface area contributed by atoms with E-state index in [2.05, 4.69) is 4.37 Å². The van der Waals surface area contributed by atoms with Crippen LogP contribution < -0.4 is 0 Å². The van der Waals surface area contributed by atoms with Gasteiger partial charge in [0.15, 0.2) is 0 Å². The van der Waals surface area contributed by atoms with E-state index in [9.17, 15) is 4.39 Å². The first-order chi connectivity index (χ1) is 4.88. The summed E-state index contributed by atoms with van der Waals surface area (Å²) in [6.45, 7) is 0. The Bertz CT molecular complexity index is 355. The van der Waals surface area contributed by atoms with E-state index >= 15 is 0 Å². The Labute approximate surface area is 61.3 Å². The Morgan fingerprint density at radius 3 is 3.10 bits per heavy atom. The molecule has 1 heterocycles. The van der Waals surface area contributed by atoms with E-state index < -0.39 is 0 Å². The Morgan fingerprint density at radius 2 is 2.30 bits per heavy atom. The second-order valence-electron chi connectivity index (χ2n) is 1.98. The minimum atomic E-state index is -0.189. The molecular formula is C7H4FNS. The lowest BCUT2D eigenvalue weighted by molar-refractivity contribution is 0.640. The largest absolute Gasteiger partial charge is 0.206 e. The van der Waals surface area contributed by atoms with Crippen LogP contribution in [0.5, 0.6) is 0 Å². The number of hydrogen-bond acceptors (Lipinski definition) is 2. The third-order valence-electron chi connectivity index (χ3n) is 1.35. The van der Waals surface area contributed by atoms with E-state index in [-0.39, 0.29) is 5.82 Å². The minimum Gasteiger partial charge on any atom is -0.206 e. The van der Waals surface area contributed by atoms with Crippen LogP contribution in [0, 0.1) is 5.82 Å². The maximum atomic E-state index is 12.8. The number of fused-ring (bicyclic) bond motifs is 1. The highest BCUT2D eigenvalue weighted by molar-refractivity contribution is 7.13. The summed E-state index contributed by atoms with van der Waals surface area (Å²) in [5, 5.41) is 0.618. The van der Waals surface area contributed by atoms with Gasteiger partial charge in [-0.25, -0.2) is 4.39 Å². The van der Waals surface area contributed by atoms with Crippen molar-refractivity contribution in [3.63, 3.8) is 0 Å². The molecule has 0 radical (unpaired) electrons. The van der Waals surface area contributed by atoms with Crippen molar-refractivity contribution in [2.75, 3.05) is 0 Å². The molecule has 1 nitrogen and oxygen atoms in total. The number of nitrogens with zero attached hydrogens (tertiary/aromatic N) is 1. The summed E-state index contributed by atoms with van der Waals surface area (Å²) in [6.07, 6.45) is 1.55. The third-order valence-corrected chi connectivity index (χ3v) is 2.11. The van der Waals surface area contributed by atoms with Gasteiger partial charge in [0.05, 0.1) is 10.9 Å². The van der Waals surface area contributed by atoms with Crippen LogP contribution in [-0.2, 0) is 0 Å². The Kier molecular flexibility index (Phi) is 1.17. The molecule has 0 unspecified atom stereocenters. The van der Waals surface area contributed by atoms with Crippen molar-refractivity contribution in [1.29, 1.82) is 0 Å². The number of aromatic nitrogens is 1. The fraction of sp³-hybridized carbons (Fsp3) is 0. The van der Waals surface area contributed by atoms with Crippen LogP contribution >= 0.6 is 11.5 Å². The van der Waals surface area contributed by atoms with Gasteiger partial charge in [0.1, 0.15) is 5.82 Å². The molecule has 0 aliphatic carbocycles. The van der Waals surface area contributed by atoms with Gasteiger partial charge in [-0.3, -0.25) is 0 Å². The average molecular weight is 153 g/mol. The van der Waals surface area contributed by atoms with E-state index in [1.54, 1.807) is 12.3 Å². The number of benzene rings is 1. The first-order valence-corrected chi connectivity index (χ1v) is 3.64. The molecule has 2 rings (SSSR count). The molecule has 0 aliphatic rings. The lowest BCUT2D eigenvalue weighted by Gasteiger charge is -1.86. The van der Waals surface area contributed by atoms with E-state index in [4.69, 9.17) is 0 Å². The van der Waals surface area contributed by atoms with Crippen LogP contribution in [0.15, 0.2) is 24.4 Å². The Balaban J connectivity index is 2.95. The van der Waals surface area contributed by atoms with Crippen molar-refractivity contribution in [3.05, 3.63) is 30.2 Å². The quantitative estimate of drug-likeness (QED) is 0.566. The molecule has 0 atom stereocenters. The fourth-order valence-electron chi connectivity index (χ4n) is 0.858. The molecule has 0 fully saturated rings. The number of hydrogen-bond donors (Lipinski definition) is 0. The van der Waals surface area contributed by atoms with Gasteiger partial charge in [-0.05, 0) is 23.7 Å². The van der Waals surface area contributed by atoms with Crippen molar-refractivity contribution in [2.45, 2.75) is 0 Å². The highest BCUT2D eigenvalue weighted by atomic mass is 32.1. The smallest absolute Gasteiger partial charge is 0.133 e. The molecule has 10 heavy (non-hydrogen) atoms. The molecule has 3 heteroatoms. The summed E-state index contributed by atoms with van der Waals surface area (Å²) in [6, 6.07) is 4.99.